The van der Waals surface area contributed by atoms with E-state index in [9.17, 15) is 0 Å². The highest BCUT2D eigenvalue weighted by Gasteiger charge is 2.20. The number of fused-ring (bicyclic) bond motifs is 3. The first-order chi connectivity index (χ1) is 28.7. The van der Waals surface area contributed by atoms with Gasteiger partial charge in [-0.1, -0.05) is 121 Å². The van der Waals surface area contributed by atoms with Crippen LogP contribution < -0.4 is 0 Å². The molecule has 0 saturated heterocycles. The second-order valence-electron chi connectivity index (χ2n) is 14.2. The molecular formula is C51H31N5O2. The molecule has 272 valence electrons. The van der Waals surface area contributed by atoms with Crippen LogP contribution in [0.3, 0.4) is 0 Å². The fourth-order valence-corrected chi connectivity index (χ4v) is 7.44. The van der Waals surface area contributed by atoms with Crippen molar-refractivity contribution in [2.24, 2.45) is 0 Å². The molecule has 0 aliphatic heterocycles. The summed E-state index contributed by atoms with van der Waals surface area (Å²) in [5.41, 5.74) is 11.2. The van der Waals surface area contributed by atoms with Gasteiger partial charge in [-0.05, 0) is 99.8 Å². The van der Waals surface area contributed by atoms with Gasteiger partial charge in [-0.2, -0.15) is 0 Å². The molecule has 0 bridgehead atoms. The standard InChI is InChI=1S/C51H31N5O2/c1-3-13-32(14-4-1)37-26-38(33-15-5-2-6-16-33)28-39(27-37)48-54-47(36-24-23-34-17-7-8-18-35(34)25-36)55-49(56-48)40-29-41(50-52-43-19-9-11-21-45(43)57-50)31-42(30-40)51-53-44-20-10-12-22-46(44)58-51/h1-31H. The lowest BCUT2D eigenvalue weighted by Crippen LogP contribution is -2.01. The molecule has 11 rings (SSSR count). The van der Waals surface area contributed by atoms with Gasteiger partial charge in [-0.15, -0.1) is 0 Å². The monoisotopic (exact) mass is 745 g/mol. The van der Waals surface area contributed by atoms with Crippen LogP contribution in [0.4, 0.5) is 0 Å². The first kappa shape index (κ1) is 33.3. The topological polar surface area (TPSA) is 90.7 Å². The smallest absolute Gasteiger partial charge is 0.227 e. The quantitative estimate of drug-likeness (QED) is 0.160. The van der Waals surface area contributed by atoms with Crippen LogP contribution in [0, 0.1) is 0 Å². The fourth-order valence-electron chi connectivity index (χ4n) is 7.44. The van der Waals surface area contributed by atoms with E-state index in [0.29, 0.717) is 40.4 Å². The van der Waals surface area contributed by atoms with Gasteiger partial charge in [-0.25, -0.2) is 24.9 Å². The summed E-state index contributed by atoms with van der Waals surface area (Å²) >= 11 is 0. The van der Waals surface area contributed by atoms with Gasteiger partial charge in [0.25, 0.3) is 0 Å². The van der Waals surface area contributed by atoms with Crippen molar-refractivity contribution in [1.82, 2.24) is 24.9 Å². The van der Waals surface area contributed by atoms with Gasteiger partial charge in [0.1, 0.15) is 11.0 Å². The van der Waals surface area contributed by atoms with Gasteiger partial charge in [0.15, 0.2) is 28.6 Å². The molecule has 3 heterocycles. The average Bonchev–Trinajstić information content (AvgIpc) is 3.95. The Morgan fingerprint density at radius 3 is 1.21 bits per heavy atom. The van der Waals surface area contributed by atoms with E-state index in [2.05, 4.69) is 97.1 Å². The second kappa shape index (κ2) is 13.9. The van der Waals surface area contributed by atoms with Crippen LogP contribution >= 0.6 is 0 Å². The number of aromatic nitrogens is 5. The Balaban J connectivity index is 1.16. The molecule has 0 amide bonds. The summed E-state index contributed by atoms with van der Waals surface area (Å²) in [5, 5.41) is 2.23. The summed E-state index contributed by atoms with van der Waals surface area (Å²) in [6, 6.07) is 63.4. The van der Waals surface area contributed by atoms with Crippen LogP contribution in [0.2, 0.25) is 0 Å². The zero-order valence-electron chi connectivity index (χ0n) is 31.0. The van der Waals surface area contributed by atoms with E-state index >= 15 is 0 Å². The maximum atomic E-state index is 6.32. The second-order valence-corrected chi connectivity index (χ2v) is 14.2. The van der Waals surface area contributed by atoms with Crippen molar-refractivity contribution in [2.75, 3.05) is 0 Å². The molecule has 7 nitrogen and oxygen atoms in total. The Labute approximate surface area is 333 Å². The predicted molar refractivity (Wildman–Crippen MR) is 231 cm³/mol. The van der Waals surface area contributed by atoms with E-state index < -0.39 is 0 Å². The van der Waals surface area contributed by atoms with Crippen molar-refractivity contribution in [3.05, 3.63) is 188 Å². The van der Waals surface area contributed by atoms with E-state index in [1.165, 1.54) is 0 Å². The average molecular weight is 746 g/mol. The molecule has 0 radical (unpaired) electrons. The van der Waals surface area contributed by atoms with Crippen LogP contribution in [0.5, 0.6) is 0 Å². The molecule has 11 aromatic rings. The molecule has 3 aromatic heterocycles. The number of hydrogen-bond acceptors (Lipinski definition) is 7. The minimum atomic E-state index is 0.465. The number of rotatable bonds is 7. The lowest BCUT2D eigenvalue weighted by molar-refractivity contribution is 0.617. The summed E-state index contributed by atoms with van der Waals surface area (Å²) in [7, 11) is 0. The molecule has 58 heavy (non-hydrogen) atoms. The summed E-state index contributed by atoms with van der Waals surface area (Å²) in [6.07, 6.45) is 0. The Bertz CT molecular complexity index is 3080. The van der Waals surface area contributed by atoms with Crippen molar-refractivity contribution in [3.8, 4) is 79.3 Å². The fraction of sp³-hybridized carbons (Fsp3) is 0. The van der Waals surface area contributed by atoms with Crippen molar-refractivity contribution >= 4 is 33.0 Å². The lowest BCUT2D eigenvalue weighted by Gasteiger charge is -2.13. The minimum absolute atomic E-state index is 0.465. The minimum Gasteiger partial charge on any atom is -0.436 e. The van der Waals surface area contributed by atoms with Gasteiger partial charge >= 0.3 is 0 Å². The number of para-hydroxylation sites is 4. The molecule has 0 aliphatic carbocycles. The third-order valence-electron chi connectivity index (χ3n) is 10.3. The maximum Gasteiger partial charge on any atom is 0.227 e. The van der Waals surface area contributed by atoms with Gasteiger partial charge in [0, 0.05) is 27.8 Å². The number of nitrogens with zero attached hydrogens (tertiary/aromatic N) is 5. The zero-order chi connectivity index (χ0) is 38.4. The van der Waals surface area contributed by atoms with Crippen LogP contribution in [-0.4, -0.2) is 24.9 Å². The van der Waals surface area contributed by atoms with Crippen molar-refractivity contribution in [1.29, 1.82) is 0 Å². The SMILES string of the molecule is c1ccc(-c2cc(-c3ccccc3)cc(-c3nc(-c4cc(-c5nc6ccccc6o5)cc(-c5nc6ccccc6o5)c4)nc(-c4ccc5ccccc5c4)n3)c2)cc1. The third kappa shape index (κ3) is 6.27. The van der Waals surface area contributed by atoms with E-state index in [0.717, 1.165) is 71.9 Å². The Hall–Kier alpha value is -8.03. The number of hydrogen-bond donors (Lipinski definition) is 0. The molecule has 7 heteroatoms. The van der Waals surface area contributed by atoms with Gasteiger partial charge < -0.3 is 8.83 Å². The highest BCUT2D eigenvalue weighted by Crippen LogP contribution is 2.37. The van der Waals surface area contributed by atoms with E-state index in [4.69, 9.17) is 33.8 Å². The molecule has 0 atom stereocenters. The molecule has 8 aromatic carbocycles. The van der Waals surface area contributed by atoms with Gasteiger partial charge in [0.05, 0.1) is 0 Å². The third-order valence-corrected chi connectivity index (χ3v) is 10.3. The molecule has 0 saturated carbocycles. The van der Waals surface area contributed by atoms with Crippen molar-refractivity contribution in [2.45, 2.75) is 0 Å². The summed E-state index contributed by atoms with van der Waals surface area (Å²) in [4.78, 5) is 25.4. The molecule has 0 aliphatic rings. The maximum absolute atomic E-state index is 6.32. The zero-order valence-corrected chi connectivity index (χ0v) is 31.0. The van der Waals surface area contributed by atoms with E-state index in [-0.39, 0.29) is 0 Å². The summed E-state index contributed by atoms with van der Waals surface area (Å²) in [6.45, 7) is 0. The summed E-state index contributed by atoms with van der Waals surface area (Å²) in [5.74, 6) is 2.50. The van der Waals surface area contributed by atoms with Gasteiger partial charge in [0.2, 0.25) is 11.8 Å². The molecule has 0 unspecified atom stereocenters. The van der Waals surface area contributed by atoms with Gasteiger partial charge in [-0.3, -0.25) is 0 Å². The Morgan fingerprint density at radius 1 is 0.259 bits per heavy atom. The van der Waals surface area contributed by atoms with Crippen LogP contribution in [0.15, 0.2) is 197 Å². The van der Waals surface area contributed by atoms with Crippen LogP contribution in [0.1, 0.15) is 0 Å². The Kier molecular flexibility index (Phi) is 8.00. The highest BCUT2D eigenvalue weighted by atomic mass is 16.4. The largest absolute Gasteiger partial charge is 0.436 e. The molecule has 0 spiro atoms. The number of oxazole rings is 2. The summed E-state index contributed by atoms with van der Waals surface area (Å²) < 4.78 is 12.6. The Morgan fingerprint density at radius 2 is 0.672 bits per heavy atom. The van der Waals surface area contributed by atoms with E-state index in [1.54, 1.807) is 0 Å². The van der Waals surface area contributed by atoms with Crippen molar-refractivity contribution in [3.63, 3.8) is 0 Å². The molecule has 0 N–H and O–H groups in total. The predicted octanol–water partition coefficient (Wildman–Crippen LogP) is 13.0. The first-order valence-electron chi connectivity index (χ1n) is 19.1. The van der Waals surface area contributed by atoms with E-state index in [1.807, 2.05) is 91.0 Å². The number of benzene rings is 8. The molecular weight excluding hydrogens is 715 g/mol. The highest BCUT2D eigenvalue weighted by molar-refractivity contribution is 5.88. The van der Waals surface area contributed by atoms with Crippen LogP contribution in [-0.2, 0) is 0 Å². The van der Waals surface area contributed by atoms with Crippen LogP contribution in [0.25, 0.3) is 112 Å². The lowest BCUT2D eigenvalue weighted by atomic mass is 9.96. The first-order valence-corrected chi connectivity index (χ1v) is 19.1. The molecule has 0 fully saturated rings. The van der Waals surface area contributed by atoms with Crippen molar-refractivity contribution < 1.29 is 8.83 Å². The normalized spacial score (nSPS) is 11.4.